The van der Waals surface area contributed by atoms with E-state index in [9.17, 15) is 0 Å². The van der Waals surface area contributed by atoms with Gasteiger partial charge in [0.25, 0.3) is 0 Å². The number of anilines is 1. The Morgan fingerprint density at radius 1 is 1.17 bits per heavy atom. The standard InChI is InChI=1S/C8H11N.C2H6O/c1-2-9-8-6-4-3-5-7-8;1-2-3/h3-7,9H,2H2,1H3;3H,2H2,1H3. The van der Waals surface area contributed by atoms with Crippen molar-refractivity contribution in [3.05, 3.63) is 30.3 Å². The third-order valence-electron chi connectivity index (χ3n) is 1.15. The van der Waals surface area contributed by atoms with Gasteiger partial charge in [0.1, 0.15) is 0 Å². The Morgan fingerprint density at radius 2 is 1.67 bits per heavy atom. The summed E-state index contributed by atoms with van der Waals surface area (Å²) in [6, 6.07) is 10.2. The number of aliphatic hydroxyl groups excluding tert-OH is 1. The first-order valence-corrected chi connectivity index (χ1v) is 4.24. The van der Waals surface area contributed by atoms with E-state index < -0.39 is 0 Å². The van der Waals surface area contributed by atoms with Gasteiger partial charge in [-0.05, 0) is 26.0 Å². The van der Waals surface area contributed by atoms with Gasteiger partial charge < -0.3 is 10.4 Å². The molecule has 2 heteroatoms. The van der Waals surface area contributed by atoms with Gasteiger partial charge in [-0.3, -0.25) is 0 Å². The minimum Gasteiger partial charge on any atom is -0.397 e. The first-order chi connectivity index (χ1) is 5.85. The topological polar surface area (TPSA) is 32.3 Å². The van der Waals surface area contributed by atoms with Crippen LogP contribution in [0.2, 0.25) is 0 Å². The molecule has 0 bridgehead atoms. The lowest BCUT2D eigenvalue weighted by Crippen LogP contribution is -1.94. The van der Waals surface area contributed by atoms with Crippen molar-refractivity contribution in [1.29, 1.82) is 0 Å². The van der Waals surface area contributed by atoms with E-state index in [4.69, 9.17) is 5.11 Å². The Bertz CT molecular complexity index is 174. The van der Waals surface area contributed by atoms with Crippen LogP contribution < -0.4 is 5.32 Å². The van der Waals surface area contributed by atoms with E-state index in [0.29, 0.717) is 0 Å². The zero-order chi connectivity index (χ0) is 9.23. The number of hydrogen-bond donors (Lipinski definition) is 2. The number of aliphatic hydroxyl groups is 1. The summed E-state index contributed by atoms with van der Waals surface area (Å²) in [5, 5.41) is 10.8. The smallest absolute Gasteiger partial charge is 0.0402 e. The van der Waals surface area contributed by atoms with Crippen molar-refractivity contribution in [2.24, 2.45) is 0 Å². The lowest BCUT2D eigenvalue weighted by atomic mass is 10.3. The highest BCUT2D eigenvalue weighted by atomic mass is 16.2. The predicted octanol–water partition coefficient (Wildman–Crippen LogP) is 2.12. The number of benzene rings is 1. The molecule has 2 nitrogen and oxygen atoms in total. The molecule has 1 aromatic carbocycles. The molecule has 0 aliphatic carbocycles. The quantitative estimate of drug-likeness (QED) is 0.707. The van der Waals surface area contributed by atoms with Crippen LogP contribution in [0.25, 0.3) is 0 Å². The molecule has 0 atom stereocenters. The molecule has 0 aliphatic rings. The second kappa shape index (κ2) is 8.08. The van der Waals surface area contributed by atoms with Crippen LogP contribution in [-0.2, 0) is 0 Å². The highest BCUT2D eigenvalue weighted by Gasteiger charge is 1.81. The van der Waals surface area contributed by atoms with Crippen LogP contribution in [-0.4, -0.2) is 18.3 Å². The molecule has 2 N–H and O–H groups in total. The van der Waals surface area contributed by atoms with Crippen LogP contribution >= 0.6 is 0 Å². The average molecular weight is 167 g/mol. The zero-order valence-electron chi connectivity index (χ0n) is 7.75. The molecule has 12 heavy (non-hydrogen) atoms. The monoisotopic (exact) mass is 167 g/mol. The predicted molar refractivity (Wildman–Crippen MR) is 53.4 cm³/mol. The maximum absolute atomic E-state index is 7.57. The molecule has 1 rings (SSSR count). The lowest BCUT2D eigenvalue weighted by molar-refractivity contribution is 0.318. The van der Waals surface area contributed by atoms with Crippen molar-refractivity contribution in [3.8, 4) is 0 Å². The zero-order valence-corrected chi connectivity index (χ0v) is 7.75. The lowest BCUT2D eigenvalue weighted by Gasteiger charge is -1.99. The summed E-state index contributed by atoms with van der Waals surface area (Å²) in [6.07, 6.45) is 0. The van der Waals surface area contributed by atoms with Gasteiger partial charge in [0.05, 0.1) is 0 Å². The molecule has 0 saturated carbocycles. The normalized spacial score (nSPS) is 8.25. The fraction of sp³-hybridized carbons (Fsp3) is 0.400. The van der Waals surface area contributed by atoms with Crippen LogP contribution in [0.3, 0.4) is 0 Å². The van der Waals surface area contributed by atoms with E-state index in [0.717, 1.165) is 6.54 Å². The molecular weight excluding hydrogens is 150 g/mol. The van der Waals surface area contributed by atoms with Gasteiger partial charge in [-0.25, -0.2) is 0 Å². The Labute approximate surface area is 74.2 Å². The number of hydrogen-bond acceptors (Lipinski definition) is 2. The summed E-state index contributed by atoms with van der Waals surface area (Å²) in [5.74, 6) is 0. The van der Waals surface area contributed by atoms with Gasteiger partial charge in [0, 0.05) is 18.8 Å². The molecular formula is C10H17NO. The van der Waals surface area contributed by atoms with E-state index in [2.05, 4.69) is 24.4 Å². The van der Waals surface area contributed by atoms with Crippen molar-refractivity contribution < 1.29 is 5.11 Å². The molecule has 68 valence electrons. The summed E-state index contributed by atoms with van der Waals surface area (Å²) in [4.78, 5) is 0. The van der Waals surface area contributed by atoms with Crippen molar-refractivity contribution in [2.75, 3.05) is 18.5 Å². The average Bonchev–Trinajstić information content (AvgIpc) is 2.08. The third kappa shape index (κ3) is 5.74. The van der Waals surface area contributed by atoms with E-state index in [1.807, 2.05) is 18.2 Å². The minimum atomic E-state index is 0.250. The van der Waals surface area contributed by atoms with Crippen LogP contribution in [0.5, 0.6) is 0 Å². The highest BCUT2D eigenvalue weighted by molar-refractivity contribution is 5.41. The molecule has 0 heterocycles. The Kier molecular flexibility index (Phi) is 7.39. The molecule has 0 unspecified atom stereocenters. The summed E-state index contributed by atoms with van der Waals surface area (Å²) < 4.78 is 0. The molecule has 0 aliphatic heterocycles. The van der Waals surface area contributed by atoms with Crippen molar-refractivity contribution in [2.45, 2.75) is 13.8 Å². The van der Waals surface area contributed by atoms with Crippen LogP contribution in [0.15, 0.2) is 30.3 Å². The molecule has 0 fully saturated rings. The summed E-state index contributed by atoms with van der Waals surface area (Å²) in [7, 11) is 0. The molecule has 0 spiro atoms. The van der Waals surface area contributed by atoms with Crippen LogP contribution in [0.4, 0.5) is 5.69 Å². The third-order valence-corrected chi connectivity index (χ3v) is 1.15. The number of rotatable bonds is 2. The van der Waals surface area contributed by atoms with Gasteiger partial charge in [0.15, 0.2) is 0 Å². The molecule has 0 amide bonds. The summed E-state index contributed by atoms with van der Waals surface area (Å²) >= 11 is 0. The fourth-order valence-electron chi connectivity index (χ4n) is 0.760. The SMILES string of the molecule is CCNc1ccccc1.CCO. The Morgan fingerprint density at radius 3 is 2.08 bits per heavy atom. The highest BCUT2D eigenvalue weighted by Crippen LogP contribution is 2.02. The summed E-state index contributed by atoms with van der Waals surface area (Å²) in [6.45, 7) is 5.01. The van der Waals surface area contributed by atoms with Gasteiger partial charge in [-0.2, -0.15) is 0 Å². The first kappa shape index (κ1) is 11.0. The number of para-hydroxylation sites is 1. The second-order valence-corrected chi connectivity index (χ2v) is 2.21. The molecule has 0 aromatic heterocycles. The maximum Gasteiger partial charge on any atom is 0.0402 e. The minimum absolute atomic E-state index is 0.250. The van der Waals surface area contributed by atoms with E-state index in [1.165, 1.54) is 5.69 Å². The van der Waals surface area contributed by atoms with E-state index >= 15 is 0 Å². The summed E-state index contributed by atoms with van der Waals surface area (Å²) in [5.41, 5.74) is 1.19. The molecule has 0 saturated heterocycles. The van der Waals surface area contributed by atoms with E-state index in [1.54, 1.807) is 6.92 Å². The van der Waals surface area contributed by atoms with Crippen molar-refractivity contribution >= 4 is 5.69 Å². The fourth-order valence-corrected chi connectivity index (χ4v) is 0.760. The maximum atomic E-state index is 7.57. The first-order valence-electron chi connectivity index (χ1n) is 4.24. The van der Waals surface area contributed by atoms with Gasteiger partial charge in [0.2, 0.25) is 0 Å². The largest absolute Gasteiger partial charge is 0.397 e. The van der Waals surface area contributed by atoms with Gasteiger partial charge in [-0.15, -0.1) is 0 Å². The molecule has 0 radical (unpaired) electrons. The van der Waals surface area contributed by atoms with E-state index in [-0.39, 0.29) is 6.61 Å². The second-order valence-electron chi connectivity index (χ2n) is 2.21. The van der Waals surface area contributed by atoms with Crippen molar-refractivity contribution in [1.82, 2.24) is 0 Å². The van der Waals surface area contributed by atoms with Gasteiger partial charge >= 0.3 is 0 Å². The Hall–Kier alpha value is -1.02. The molecule has 1 aromatic rings. The van der Waals surface area contributed by atoms with Crippen molar-refractivity contribution in [3.63, 3.8) is 0 Å². The van der Waals surface area contributed by atoms with Crippen LogP contribution in [0.1, 0.15) is 13.8 Å². The van der Waals surface area contributed by atoms with Gasteiger partial charge in [-0.1, -0.05) is 18.2 Å². The van der Waals surface area contributed by atoms with Crippen LogP contribution in [0, 0.1) is 0 Å². The Balaban J connectivity index is 0.000000354. The number of nitrogens with one attached hydrogen (secondary N) is 1.